The van der Waals surface area contributed by atoms with E-state index in [0.717, 1.165) is 31.0 Å². The van der Waals surface area contributed by atoms with Crippen LogP contribution in [-0.4, -0.2) is 54.3 Å². The minimum Gasteiger partial charge on any atom is -0.508 e. The number of nitrogens with one attached hydrogen (secondary N) is 1. The first-order valence-electron chi connectivity index (χ1n) is 9.11. The molecule has 3 unspecified atom stereocenters. The maximum Gasteiger partial charge on any atom is 0.409 e. The second-order valence-electron chi connectivity index (χ2n) is 6.92. The van der Waals surface area contributed by atoms with Crippen molar-refractivity contribution in [2.24, 2.45) is 0 Å². The van der Waals surface area contributed by atoms with E-state index in [1.807, 2.05) is 30.3 Å². The lowest BCUT2D eigenvalue weighted by Gasteiger charge is -2.44. The van der Waals surface area contributed by atoms with Crippen LogP contribution in [0.1, 0.15) is 6.42 Å². The molecular formula is C20H23N3O4. The van der Waals surface area contributed by atoms with Gasteiger partial charge in [0, 0.05) is 43.5 Å². The summed E-state index contributed by atoms with van der Waals surface area (Å²) in [6.07, 6.45) is -1.71. The molecule has 0 radical (unpaired) electrons. The average molecular weight is 369 g/mol. The second-order valence-corrected chi connectivity index (χ2v) is 6.92. The van der Waals surface area contributed by atoms with Crippen LogP contribution in [0.25, 0.3) is 0 Å². The minimum atomic E-state index is -1.00. The number of alkyl carbamates (subject to hydrolysis) is 1. The first kappa shape index (κ1) is 17.5. The fourth-order valence-electron chi connectivity index (χ4n) is 3.84. The number of anilines is 2. The van der Waals surface area contributed by atoms with E-state index in [1.54, 1.807) is 12.1 Å². The Labute approximate surface area is 157 Å². The molecule has 142 valence electrons. The van der Waals surface area contributed by atoms with Crippen LogP contribution in [0.5, 0.6) is 5.75 Å². The first-order valence-corrected chi connectivity index (χ1v) is 9.11. The molecule has 2 saturated heterocycles. The van der Waals surface area contributed by atoms with Gasteiger partial charge in [0.2, 0.25) is 0 Å². The number of para-hydroxylation sites is 1. The summed E-state index contributed by atoms with van der Waals surface area (Å²) in [5, 5.41) is 22.3. The van der Waals surface area contributed by atoms with E-state index < -0.39 is 18.4 Å². The van der Waals surface area contributed by atoms with Gasteiger partial charge in [0.25, 0.3) is 0 Å². The number of phenols is 1. The highest BCUT2D eigenvalue weighted by atomic mass is 16.6. The van der Waals surface area contributed by atoms with Crippen LogP contribution in [0.15, 0.2) is 54.6 Å². The van der Waals surface area contributed by atoms with E-state index >= 15 is 0 Å². The largest absolute Gasteiger partial charge is 0.508 e. The summed E-state index contributed by atoms with van der Waals surface area (Å²) in [5.74, 6) is 0.214. The molecule has 27 heavy (non-hydrogen) atoms. The van der Waals surface area contributed by atoms with Gasteiger partial charge in [0.1, 0.15) is 5.75 Å². The van der Waals surface area contributed by atoms with Gasteiger partial charge >= 0.3 is 6.09 Å². The number of piperazine rings is 1. The quantitative estimate of drug-likeness (QED) is 0.763. The summed E-state index contributed by atoms with van der Waals surface area (Å²) >= 11 is 0. The molecule has 2 aromatic rings. The lowest BCUT2D eigenvalue weighted by molar-refractivity contribution is 0.0465. The molecule has 7 heteroatoms. The molecule has 0 spiro atoms. The number of benzene rings is 2. The number of ether oxygens (including phenoxy) is 1. The normalized spacial score (nSPS) is 25.2. The predicted octanol–water partition coefficient (Wildman–Crippen LogP) is 1.90. The van der Waals surface area contributed by atoms with Gasteiger partial charge in [-0.1, -0.05) is 24.3 Å². The predicted molar refractivity (Wildman–Crippen MR) is 102 cm³/mol. The molecule has 4 rings (SSSR count). The molecule has 3 atom stereocenters. The zero-order chi connectivity index (χ0) is 18.8. The fourth-order valence-corrected chi connectivity index (χ4v) is 3.84. The Morgan fingerprint density at radius 2 is 1.85 bits per heavy atom. The number of rotatable bonds is 4. The van der Waals surface area contributed by atoms with Crippen LogP contribution in [-0.2, 0) is 4.74 Å². The minimum absolute atomic E-state index is 0.00751. The number of aliphatic hydroxyl groups is 1. The molecule has 0 saturated carbocycles. The van der Waals surface area contributed by atoms with Crippen LogP contribution in [0.4, 0.5) is 16.2 Å². The Morgan fingerprint density at radius 3 is 2.56 bits per heavy atom. The lowest BCUT2D eigenvalue weighted by atomic mass is 10.0. The number of amides is 1. The van der Waals surface area contributed by atoms with Crippen LogP contribution in [0, 0.1) is 0 Å². The van der Waals surface area contributed by atoms with E-state index in [-0.39, 0.29) is 11.8 Å². The molecule has 1 amide bonds. The van der Waals surface area contributed by atoms with Crippen molar-refractivity contribution in [1.29, 1.82) is 0 Å². The molecule has 0 bridgehead atoms. The third-order valence-corrected chi connectivity index (χ3v) is 5.15. The van der Waals surface area contributed by atoms with Gasteiger partial charge < -0.3 is 24.7 Å². The van der Waals surface area contributed by atoms with E-state index in [4.69, 9.17) is 4.74 Å². The Morgan fingerprint density at radius 1 is 1.07 bits per heavy atom. The molecule has 0 aromatic heterocycles. The van der Waals surface area contributed by atoms with Crippen LogP contribution < -0.4 is 15.1 Å². The number of carbonyl (C=O) groups is 1. The van der Waals surface area contributed by atoms with Gasteiger partial charge in [0.15, 0.2) is 12.3 Å². The lowest BCUT2D eigenvalue weighted by Crippen LogP contribution is -2.55. The summed E-state index contributed by atoms with van der Waals surface area (Å²) in [5.41, 5.74) is 2.06. The monoisotopic (exact) mass is 369 g/mol. The Bertz CT molecular complexity index is 801. The number of nitrogens with zero attached hydrogens (tertiary/aromatic N) is 2. The van der Waals surface area contributed by atoms with Crippen molar-refractivity contribution in [3.05, 3.63) is 54.6 Å². The summed E-state index contributed by atoms with van der Waals surface area (Å²) in [6.45, 7) is 2.31. The molecular weight excluding hydrogens is 346 g/mol. The zero-order valence-electron chi connectivity index (χ0n) is 14.9. The number of phenolic OH excluding ortho intramolecular Hbond substituents is 1. The summed E-state index contributed by atoms with van der Waals surface area (Å²) in [4.78, 5) is 15.9. The van der Waals surface area contributed by atoms with E-state index in [2.05, 4.69) is 27.2 Å². The van der Waals surface area contributed by atoms with Crippen LogP contribution >= 0.6 is 0 Å². The number of carbonyl (C=O) groups excluding carboxylic acids is 1. The van der Waals surface area contributed by atoms with Crippen molar-refractivity contribution in [2.45, 2.75) is 24.8 Å². The van der Waals surface area contributed by atoms with E-state index in [9.17, 15) is 15.0 Å². The number of aliphatic hydroxyl groups excluding tert-OH is 1. The van der Waals surface area contributed by atoms with Gasteiger partial charge in [-0.2, -0.15) is 0 Å². The highest BCUT2D eigenvalue weighted by molar-refractivity contribution is 5.69. The highest BCUT2D eigenvalue weighted by Crippen LogP contribution is 2.29. The maximum atomic E-state index is 11.4. The Balaban J connectivity index is 1.57. The molecule has 3 N–H and O–H groups in total. The first-order chi connectivity index (χ1) is 13.1. The third-order valence-electron chi connectivity index (χ3n) is 5.15. The standard InChI is InChI=1S/C20H23N3O4/c24-17-8-4-7-15(11-17)23-10-9-22(14-5-2-1-3-6-14)13-16(23)12-18-19(25)21-20(26)27-18/h1-8,11,16,18-19,24-25H,9-10,12-13H2,(H,21,26). The van der Waals surface area contributed by atoms with Crippen LogP contribution in [0.2, 0.25) is 0 Å². The van der Waals surface area contributed by atoms with E-state index in [0.29, 0.717) is 6.42 Å². The van der Waals surface area contributed by atoms with E-state index in [1.165, 1.54) is 0 Å². The summed E-state index contributed by atoms with van der Waals surface area (Å²) in [7, 11) is 0. The topological polar surface area (TPSA) is 85.3 Å². The van der Waals surface area contributed by atoms with Gasteiger partial charge in [-0.15, -0.1) is 0 Å². The fraction of sp³-hybridized carbons (Fsp3) is 0.350. The van der Waals surface area contributed by atoms with Crippen molar-refractivity contribution in [1.82, 2.24) is 5.32 Å². The molecule has 2 aliphatic rings. The van der Waals surface area contributed by atoms with Gasteiger partial charge in [0.05, 0.1) is 6.04 Å². The number of cyclic esters (lactones) is 1. The summed E-state index contributed by atoms with van der Waals surface area (Å²) in [6, 6.07) is 17.3. The molecule has 2 fully saturated rings. The van der Waals surface area contributed by atoms with Crippen molar-refractivity contribution >= 4 is 17.5 Å². The molecule has 2 aromatic carbocycles. The smallest absolute Gasteiger partial charge is 0.409 e. The molecule has 7 nitrogen and oxygen atoms in total. The van der Waals surface area contributed by atoms with Gasteiger partial charge in [-0.05, 0) is 24.3 Å². The summed E-state index contributed by atoms with van der Waals surface area (Å²) < 4.78 is 5.23. The third kappa shape index (κ3) is 3.78. The van der Waals surface area contributed by atoms with Crippen LogP contribution in [0.3, 0.4) is 0 Å². The number of hydrogen-bond donors (Lipinski definition) is 3. The maximum absolute atomic E-state index is 11.4. The van der Waals surface area contributed by atoms with Crippen molar-refractivity contribution in [3.8, 4) is 5.75 Å². The molecule has 0 aliphatic carbocycles. The molecule has 2 aliphatic heterocycles. The van der Waals surface area contributed by atoms with Crippen molar-refractivity contribution < 1.29 is 19.7 Å². The molecule has 2 heterocycles. The average Bonchev–Trinajstić information content (AvgIpc) is 2.99. The number of hydrogen-bond acceptors (Lipinski definition) is 6. The van der Waals surface area contributed by atoms with Gasteiger partial charge in [-0.25, -0.2) is 4.79 Å². The SMILES string of the molecule is O=C1NC(O)C(CC2CN(c3ccccc3)CCN2c2cccc(O)c2)O1. The second kappa shape index (κ2) is 7.36. The van der Waals surface area contributed by atoms with Crippen molar-refractivity contribution in [2.75, 3.05) is 29.4 Å². The Hall–Kier alpha value is -2.93. The Kier molecular flexibility index (Phi) is 4.77. The van der Waals surface area contributed by atoms with Crippen molar-refractivity contribution in [3.63, 3.8) is 0 Å². The number of aromatic hydroxyl groups is 1. The highest BCUT2D eigenvalue weighted by Gasteiger charge is 2.38. The zero-order valence-corrected chi connectivity index (χ0v) is 14.9. The van der Waals surface area contributed by atoms with Gasteiger partial charge in [-0.3, -0.25) is 5.32 Å².